The second-order valence-electron chi connectivity index (χ2n) is 5.00. The van der Waals surface area contributed by atoms with Gasteiger partial charge in [-0.2, -0.15) is 0 Å². The molecule has 1 aliphatic rings. The summed E-state index contributed by atoms with van der Waals surface area (Å²) < 4.78 is 0. The molecule has 2 amide bonds. The quantitative estimate of drug-likeness (QED) is 0.678. The van der Waals surface area contributed by atoms with Crippen molar-refractivity contribution in [2.75, 3.05) is 39.3 Å². The van der Waals surface area contributed by atoms with E-state index in [1.807, 2.05) is 11.8 Å². The molecule has 2 N–H and O–H groups in total. The molecule has 0 spiro atoms. The lowest BCUT2D eigenvalue weighted by molar-refractivity contribution is -0.133. The Kier molecular flexibility index (Phi) is 6.80. The van der Waals surface area contributed by atoms with Crippen LogP contribution in [-0.2, 0) is 9.59 Å². The molecule has 0 aromatic carbocycles. The minimum absolute atomic E-state index is 0.0383. The summed E-state index contributed by atoms with van der Waals surface area (Å²) in [6, 6.07) is 0. The first-order valence-corrected chi connectivity index (χ1v) is 6.97. The highest BCUT2D eigenvalue weighted by Crippen LogP contribution is 2.06. The standard InChI is InChI=1S/C13H25N3O3/c1-3-14-12(18)10-15-6-8-16(9-7-15)13(19)5-4-11(2)17/h11,17H,3-10H2,1-2H3,(H,14,18). The Bertz CT molecular complexity index is 300. The average molecular weight is 271 g/mol. The molecule has 0 saturated carbocycles. The summed E-state index contributed by atoms with van der Waals surface area (Å²) in [7, 11) is 0. The highest BCUT2D eigenvalue weighted by Gasteiger charge is 2.22. The van der Waals surface area contributed by atoms with E-state index in [0.717, 1.165) is 13.1 Å². The molecule has 1 saturated heterocycles. The van der Waals surface area contributed by atoms with Crippen molar-refractivity contribution in [3.05, 3.63) is 0 Å². The predicted molar refractivity (Wildman–Crippen MR) is 72.6 cm³/mol. The Morgan fingerprint density at radius 2 is 1.89 bits per heavy atom. The van der Waals surface area contributed by atoms with Crippen molar-refractivity contribution in [3.8, 4) is 0 Å². The van der Waals surface area contributed by atoms with Crippen LogP contribution in [0.1, 0.15) is 26.7 Å². The number of nitrogens with zero attached hydrogens (tertiary/aromatic N) is 2. The number of hydrogen-bond donors (Lipinski definition) is 2. The lowest BCUT2D eigenvalue weighted by Gasteiger charge is -2.34. The van der Waals surface area contributed by atoms with E-state index in [9.17, 15) is 9.59 Å². The summed E-state index contributed by atoms with van der Waals surface area (Å²) in [6.07, 6.45) is 0.481. The van der Waals surface area contributed by atoms with Gasteiger partial charge in [-0.3, -0.25) is 14.5 Å². The van der Waals surface area contributed by atoms with Crippen LogP contribution >= 0.6 is 0 Å². The van der Waals surface area contributed by atoms with E-state index in [1.165, 1.54) is 0 Å². The highest BCUT2D eigenvalue weighted by molar-refractivity contribution is 5.78. The van der Waals surface area contributed by atoms with Gasteiger partial charge in [0.15, 0.2) is 0 Å². The second-order valence-corrected chi connectivity index (χ2v) is 5.00. The molecule has 0 bridgehead atoms. The minimum Gasteiger partial charge on any atom is -0.393 e. The Balaban J connectivity index is 2.24. The number of likely N-dealkylation sites (N-methyl/N-ethyl adjacent to an activating group) is 1. The lowest BCUT2D eigenvalue weighted by Crippen LogP contribution is -2.51. The third-order valence-corrected chi connectivity index (χ3v) is 3.24. The van der Waals surface area contributed by atoms with Crippen LogP contribution in [0.25, 0.3) is 0 Å². The molecule has 6 heteroatoms. The Morgan fingerprint density at radius 1 is 1.26 bits per heavy atom. The van der Waals surface area contributed by atoms with E-state index >= 15 is 0 Å². The van der Waals surface area contributed by atoms with Crippen LogP contribution < -0.4 is 5.32 Å². The van der Waals surface area contributed by atoms with E-state index in [0.29, 0.717) is 39.0 Å². The number of piperazine rings is 1. The van der Waals surface area contributed by atoms with Crippen molar-refractivity contribution in [3.63, 3.8) is 0 Å². The molecule has 0 aliphatic carbocycles. The number of hydrogen-bond acceptors (Lipinski definition) is 4. The zero-order valence-corrected chi connectivity index (χ0v) is 11.9. The van der Waals surface area contributed by atoms with Crippen LogP contribution in [0.3, 0.4) is 0 Å². The van der Waals surface area contributed by atoms with Gasteiger partial charge in [0, 0.05) is 39.1 Å². The maximum Gasteiger partial charge on any atom is 0.234 e. The normalized spacial score (nSPS) is 18.2. The van der Waals surface area contributed by atoms with E-state index in [-0.39, 0.29) is 11.8 Å². The second kappa shape index (κ2) is 8.12. The van der Waals surface area contributed by atoms with Crippen LogP contribution in [0.5, 0.6) is 0 Å². The molecule has 0 aromatic heterocycles. The average Bonchev–Trinajstić information content (AvgIpc) is 2.37. The number of carbonyl (C=O) groups is 2. The molecule has 19 heavy (non-hydrogen) atoms. The molecule has 110 valence electrons. The number of aliphatic hydroxyl groups is 1. The monoisotopic (exact) mass is 271 g/mol. The number of aliphatic hydroxyl groups excluding tert-OH is 1. The third-order valence-electron chi connectivity index (χ3n) is 3.24. The zero-order valence-electron chi connectivity index (χ0n) is 11.9. The maximum absolute atomic E-state index is 11.9. The molecule has 1 heterocycles. The molecular weight excluding hydrogens is 246 g/mol. The highest BCUT2D eigenvalue weighted by atomic mass is 16.3. The fourth-order valence-electron chi connectivity index (χ4n) is 2.10. The first-order valence-electron chi connectivity index (χ1n) is 6.97. The van der Waals surface area contributed by atoms with Crippen LogP contribution in [0.4, 0.5) is 0 Å². The maximum atomic E-state index is 11.9. The van der Waals surface area contributed by atoms with E-state index in [2.05, 4.69) is 10.2 Å². The van der Waals surface area contributed by atoms with Gasteiger partial charge in [0.1, 0.15) is 0 Å². The molecule has 1 unspecified atom stereocenters. The van der Waals surface area contributed by atoms with Gasteiger partial charge >= 0.3 is 0 Å². The van der Waals surface area contributed by atoms with E-state index in [1.54, 1.807) is 6.92 Å². The van der Waals surface area contributed by atoms with Crippen LogP contribution in [0.15, 0.2) is 0 Å². The molecule has 1 rings (SSSR count). The van der Waals surface area contributed by atoms with Crippen LogP contribution in [-0.4, -0.2) is 72.1 Å². The SMILES string of the molecule is CCNC(=O)CN1CCN(C(=O)CCC(C)O)CC1. The fraction of sp³-hybridized carbons (Fsp3) is 0.846. The topological polar surface area (TPSA) is 72.9 Å². The smallest absolute Gasteiger partial charge is 0.234 e. The Morgan fingerprint density at radius 3 is 2.42 bits per heavy atom. The van der Waals surface area contributed by atoms with Gasteiger partial charge in [-0.1, -0.05) is 0 Å². The molecular formula is C13H25N3O3. The van der Waals surface area contributed by atoms with Crippen molar-refractivity contribution in [1.29, 1.82) is 0 Å². The van der Waals surface area contributed by atoms with Gasteiger partial charge in [0.25, 0.3) is 0 Å². The molecule has 1 aliphatic heterocycles. The fourth-order valence-corrected chi connectivity index (χ4v) is 2.10. The third kappa shape index (κ3) is 6.02. The zero-order chi connectivity index (χ0) is 14.3. The molecule has 1 atom stereocenters. The van der Waals surface area contributed by atoms with E-state index < -0.39 is 6.10 Å². The van der Waals surface area contributed by atoms with Gasteiger partial charge in [-0.15, -0.1) is 0 Å². The summed E-state index contributed by atoms with van der Waals surface area (Å²) in [6.45, 7) is 7.44. The van der Waals surface area contributed by atoms with Crippen molar-refractivity contribution >= 4 is 11.8 Å². The largest absolute Gasteiger partial charge is 0.393 e. The van der Waals surface area contributed by atoms with Gasteiger partial charge in [-0.05, 0) is 20.3 Å². The van der Waals surface area contributed by atoms with Crippen LogP contribution in [0, 0.1) is 0 Å². The molecule has 1 fully saturated rings. The summed E-state index contributed by atoms with van der Waals surface area (Å²) in [4.78, 5) is 27.2. The van der Waals surface area contributed by atoms with Crippen molar-refractivity contribution in [2.45, 2.75) is 32.8 Å². The molecule has 0 aromatic rings. The van der Waals surface area contributed by atoms with Gasteiger partial charge in [-0.25, -0.2) is 0 Å². The number of amides is 2. The number of rotatable bonds is 6. The molecule has 0 radical (unpaired) electrons. The summed E-state index contributed by atoms with van der Waals surface area (Å²) >= 11 is 0. The molecule has 6 nitrogen and oxygen atoms in total. The lowest BCUT2D eigenvalue weighted by atomic mass is 10.2. The first-order chi connectivity index (χ1) is 9.02. The summed E-state index contributed by atoms with van der Waals surface area (Å²) in [5.41, 5.74) is 0. The number of nitrogens with one attached hydrogen (secondary N) is 1. The first kappa shape index (κ1) is 15.9. The van der Waals surface area contributed by atoms with Crippen LogP contribution in [0.2, 0.25) is 0 Å². The van der Waals surface area contributed by atoms with Crippen molar-refractivity contribution in [2.24, 2.45) is 0 Å². The Labute approximate surface area is 114 Å². The van der Waals surface area contributed by atoms with Gasteiger partial charge < -0.3 is 15.3 Å². The minimum atomic E-state index is -0.428. The summed E-state index contributed by atoms with van der Waals surface area (Å²) in [5, 5.41) is 11.9. The predicted octanol–water partition coefficient (Wildman–Crippen LogP) is -0.572. The van der Waals surface area contributed by atoms with Gasteiger partial charge in [0.05, 0.1) is 12.6 Å². The van der Waals surface area contributed by atoms with Crippen molar-refractivity contribution < 1.29 is 14.7 Å². The number of carbonyl (C=O) groups excluding carboxylic acids is 2. The summed E-state index contributed by atoms with van der Waals surface area (Å²) in [5.74, 6) is 0.134. The Hall–Kier alpha value is -1.14. The van der Waals surface area contributed by atoms with Crippen molar-refractivity contribution in [1.82, 2.24) is 15.1 Å². The van der Waals surface area contributed by atoms with Gasteiger partial charge in [0.2, 0.25) is 11.8 Å². The van der Waals surface area contributed by atoms with E-state index in [4.69, 9.17) is 5.11 Å².